The number of aliphatic carboxylic acids is 1. The Labute approximate surface area is 139 Å². The summed E-state index contributed by atoms with van der Waals surface area (Å²) in [5.74, 6) is -2.31. The van der Waals surface area contributed by atoms with Crippen LogP contribution < -0.4 is 14.2 Å². The zero-order valence-electron chi connectivity index (χ0n) is 13.0. The van der Waals surface area contributed by atoms with Gasteiger partial charge < -0.3 is 19.7 Å². The molecule has 1 aromatic carbocycles. The van der Waals surface area contributed by atoms with Crippen molar-refractivity contribution < 1.29 is 32.9 Å². The normalized spacial score (nSPS) is 23.0. The van der Waals surface area contributed by atoms with Crippen molar-refractivity contribution in [2.45, 2.75) is 10.6 Å². The van der Waals surface area contributed by atoms with Crippen molar-refractivity contribution in [3.63, 3.8) is 0 Å². The molecule has 0 saturated heterocycles. The molecule has 0 aromatic heterocycles. The first-order valence-electron chi connectivity index (χ1n) is 6.81. The number of ether oxygens (including phenoxy) is 2. The third-order valence-corrected chi connectivity index (χ3v) is 4.94. The van der Waals surface area contributed by atoms with Gasteiger partial charge in [-0.3, -0.25) is 4.79 Å². The van der Waals surface area contributed by atoms with Crippen molar-refractivity contribution in [2.75, 3.05) is 14.2 Å². The molecule has 0 bridgehead atoms. The number of sulfonamides is 1. The number of hydrogen-bond acceptors (Lipinski definition) is 6. The molecule has 1 aliphatic rings. The van der Waals surface area contributed by atoms with Crippen LogP contribution in [0.3, 0.4) is 0 Å². The lowest BCUT2D eigenvalue weighted by Crippen LogP contribution is -2.54. The van der Waals surface area contributed by atoms with Gasteiger partial charge in [0.15, 0.2) is 17.2 Å². The van der Waals surface area contributed by atoms with Crippen LogP contribution in [0.15, 0.2) is 47.4 Å². The number of rotatable bonds is 6. The Balaban J connectivity index is 2.39. The molecule has 8 nitrogen and oxygen atoms in total. The van der Waals surface area contributed by atoms with Crippen LogP contribution in [0.1, 0.15) is 0 Å². The van der Waals surface area contributed by atoms with Gasteiger partial charge in [0.1, 0.15) is 5.92 Å². The van der Waals surface area contributed by atoms with E-state index in [-0.39, 0.29) is 10.6 Å². The third kappa shape index (κ3) is 3.42. The topological polar surface area (TPSA) is 122 Å². The predicted molar refractivity (Wildman–Crippen MR) is 84.2 cm³/mol. The molecular weight excluding hydrogens is 338 g/mol. The number of carbonyl (C=O) groups is 1. The third-order valence-electron chi connectivity index (χ3n) is 3.47. The summed E-state index contributed by atoms with van der Waals surface area (Å²) in [6.07, 6.45) is 5.04. The van der Waals surface area contributed by atoms with Crippen molar-refractivity contribution in [2.24, 2.45) is 5.92 Å². The van der Waals surface area contributed by atoms with Gasteiger partial charge >= 0.3 is 5.97 Å². The molecule has 0 spiro atoms. The first kappa shape index (κ1) is 18.0. The molecule has 9 heteroatoms. The minimum Gasteiger partial charge on any atom is -0.493 e. The van der Waals surface area contributed by atoms with Crippen molar-refractivity contribution in [3.05, 3.63) is 42.5 Å². The van der Waals surface area contributed by atoms with E-state index in [1.165, 1.54) is 50.6 Å². The molecule has 24 heavy (non-hydrogen) atoms. The molecule has 0 saturated carbocycles. The van der Waals surface area contributed by atoms with Crippen molar-refractivity contribution in [1.29, 1.82) is 0 Å². The first-order valence-corrected chi connectivity index (χ1v) is 8.29. The molecule has 0 heterocycles. The molecule has 130 valence electrons. The van der Waals surface area contributed by atoms with Crippen molar-refractivity contribution >= 4 is 16.0 Å². The van der Waals surface area contributed by atoms with Gasteiger partial charge in [-0.1, -0.05) is 18.2 Å². The summed E-state index contributed by atoms with van der Waals surface area (Å²) in [6.45, 7) is 0. The van der Waals surface area contributed by atoms with Crippen LogP contribution >= 0.6 is 0 Å². The minimum atomic E-state index is -4.23. The van der Waals surface area contributed by atoms with Crippen LogP contribution in [0.2, 0.25) is 0 Å². The summed E-state index contributed by atoms with van der Waals surface area (Å²) in [7, 11) is -1.47. The van der Waals surface area contributed by atoms with Crippen LogP contribution in [0.4, 0.5) is 0 Å². The molecule has 0 amide bonds. The Morgan fingerprint density at radius 3 is 2.46 bits per heavy atom. The number of carboxylic acid groups (broad SMARTS) is 1. The Hall–Kier alpha value is -2.36. The van der Waals surface area contributed by atoms with Gasteiger partial charge in [0, 0.05) is 6.07 Å². The lowest BCUT2D eigenvalue weighted by Gasteiger charge is -2.31. The molecule has 0 fully saturated rings. The fourth-order valence-corrected chi connectivity index (χ4v) is 3.51. The van der Waals surface area contributed by atoms with Crippen LogP contribution in [0.5, 0.6) is 11.5 Å². The summed E-state index contributed by atoms with van der Waals surface area (Å²) in [5, 5.41) is 19.6. The highest BCUT2D eigenvalue weighted by atomic mass is 32.2. The summed E-state index contributed by atoms with van der Waals surface area (Å²) in [6, 6.07) is 3.86. The lowest BCUT2D eigenvalue weighted by molar-refractivity contribution is -0.146. The lowest BCUT2D eigenvalue weighted by atomic mass is 9.92. The largest absolute Gasteiger partial charge is 0.493 e. The molecule has 0 aliphatic heterocycles. The van der Waals surface area contributed by atoms with E-state index in [1.807, 2.05) is 4.72 Å². The smallest absolute Gasteiger partial charge is 0.315 e. The zero-order chi connectivity index (χ0) is 18.0. The highest BCUT2D eigenvalue weighted by molar-refractivity contribution is 7.89. The Morgan fingerprint density at radius 1 is 1.21 bits per heavy atom. The van der Waals surface area contributed by atoms with E-state index in [2.05, 4.69) is 0 Å². The molecule has 3 N–H and O–H groups in total. The van der Waals surface area contributed by atoms with Gasteiger partial charge in [0.05, 0.1) is 19.1 Å². The van der Waals surface area contributed by atoms with Crippen molar-refractivity contribution in [3.8, 4) is 11.5 Å². The maximum Gasteiger partial charge on any atom is 0.315 e. The van der Waals surface area contributed by atoms with Gasteiger partial charge in [0.2, 0.25) is 10.0 Å². The Kier molecular flexibility index (Phi) is 4.97. The predicted octanol–water partition coefficient (Wildman–Crippen LogP) is 0.497. The van der Waals surface area contributed by atoms with E-state index in [1.54, 1.807) is 0 Å². The van der Waals surface area contributed by atoms with Gasteiger partial charge in [-0.05, 0) is 18.2 Å². The summed E-state index contributed by atoms with van der Waals surface area (Å²) >= 11 is 0. The van der Waals surface area contributed by atoms with E-state index in [0.29, 0.717) is 5.75 Å². The second kappa shape index (κ2) is 6.63. The van der Waals surface area contributed by atoms with E-state index in [4.69, 9.17) is 9.47 Å². The molecular formula is C15H17NO7S. The van der Waals surface area contributed by atoms with Crippen molar-refractivity contribution in [1.82, 2.24) is 4.72 Å². The molecule has 1 aliphatic carbocycles. The van der Waals surface area contributed by atoms with Gasteiger partial charge in [-0.15, -0.1) is 0 Å². The van der Waals surface area contributed by atoms with Crippen LogP contribution in [-0.4, -0.2) is 44.5 Å². The molecule has 2 atom stereocenters. The summed E-state index contributed by atoms with van der Waals surface area (Å²) < 4.78 is 37.1. The number of nitrogens with one attached hydrogen (secondary N) is 1. The van der Waals surface area contributed by atoms with Gasteiger partial charge in [-0.25, -0.2) is 8.42 Å². The average molecular weight is 355 g/mol. The second-order valence-electron chi connectivity index (χ2n) is 5.01. The molecule has 0 radical (unpaired) electrons. The number of allylic oxidation sites excluding steroid dienone is 2. The fraction of sp³-hybridized carbons (Fsp3) is 0.267. The number of carboxylic acids is 1. The highest BCUT2D eigenvalue weighted by Gasteiger charge is 2.42. The monoisotopic (exact) mass is 355 g/mol. The molecule has 1 aromatic rings. The SMILES string of the molecule is COc1ccc(S(=O)(=O)NC2(O)C=CC=CC2C(=O)O)cc1OC. The fourth-order valence-electron chi connectivity index (χ4n) is 2.25. The Morgan fingerprint density at radius 2 is 1.88 bits per heavy atom. The quantitative estimate of drug-likeness (QED) is 0.635. The number of aliphatic hydroxyl groups is 1. The van der Waals surface area contributed by atoms with E-state index in [9.17, 15) is 23.4 Å². The maximum absolute atomic E-state index is 12.5. The standard InChI is InChI=1S/C15H17NO7S/c1-22-12-7-6-10(9-13(12)23-2)24(20,21)16-15(19)8-4-3-5-11(15)14(17)18/h3-9,11,16,19H,1-2H3,(H,17,18). The first-order chi connectivity index (χ1) is 11.2. The van der Waals surface area contributed by atoms with E-state index in [0.717, 1.165) is 6.08 Å². The van der Waals surface area contributed by atoms with Gasteiger partial charge in [-0.2, -0.15) is 4.72 Å². The second-order valence-corrected chi connectivity index (χ2v) is 6.69. The summed E-state index contributed by atoms with van der Waals surface area (Å²) in [5.41, 5.74) is -2.29. The maximum atomic E-state index is 12.5. The van der Waals surface area contributed by atoms with Crippen LogP contribution in [-0.2, 0) is 14.8 Å². The Bertz CT molecular complexity index is 800. The number of benzene rings is 1. The number of hydrogen-bond donors (Lipinski definition) is 3. The van der Waals surface area contributed by atoms with Gasteiger partial charge in [0.25, 0.3) is 0 Å². The van der Waals surface area contributed by atoms with Crippen LogP contribution in [0, 0.1) is 5.92 Å². The minimum absolute atomic E-state index is 0.182. The number of methoxy groups -OCH3 is 2. The average Bonchev–Trinajstić information content (AvgIpc) is 2.53. The molecule has 2 rings (SSSR count). The highest BCUT2D eigenvalue weighted by Crippen LogP contribution is 2.31. The van der Waals surface area contributed by atoms with E-state index < -0.39 is 27.6 Å². The molecule has 2 unspecified atom stereocenters. The summed E-state index contributed by atoms with van der Waals surface area (Å²) in [4.78, 5) is 11.1. The zero-order valence-corrected chi connectivity index (χ0v) is 13.8. The van der Waals surface area contributed by atoms with Crippen LogP contribution in [0.25, 0.3) is 0 Å². The van der Waals surface area contributed by atoms with E-state index >= 15 is 0 Å².